The van der Waals surface area contributed by atoms with E-state index in [9.17, 15) is 35.5 Å². The van der Waals surface area contributed by atoms with Crippen LogP contribution in [0.1, 0.15) is 47.3 Å². The van der Waals surface area contributed by atoms with Gasteiger partial charge in [-0.05, 0) is 43.3 Å². The van der Waals surface area contributed by atoms with Gasteiger partial charge in [0.1, 0.15) is 28.9 Å². The molecule has 3 N–H and O–H groups in total. The summed E-state index contributed by atoms with van der Waals surface area (Å²) >= 11 is 0. The predicted molar refractivity (Wildman–Crippen MR) is 124 cm³/mol. The van der Waals surface area contributed by atoms with Crippen molar-refractivity contribution in [3.8, 4) is 17.0 Å². The molecule has 0 fully saturated rings. The van der Waals surface area contributed by atoms with Crippen LogP contribution in [0.5, 0.6) is 5.75 Å². The van der Waals surface area contributed by atoms with Gasteiger partial charge in [0.25, 0.3) is 5.91 Å². The Morgan fingerprint density at radius 3 is 2.38 bits per heavy atom. The third kappa shape index (κ3) is 5.65. The number of nitrogens with one attached hydrogen (secondary N) is 1. The first-order valence-electron chi connectivity index (χ1n) is 11.6. The van der Waals surface area contributed by atoms with E-state index in [1.165, 1.54) is 18.2 Å². The van der Waals surface area contributed by atoms with Crippen molar-refractivity contribution in [2.45, 2.75) is 43.6 Å². The van der Waals surface area contributed by atoms with Gasteiger partial charge < -0.3 is 15.8 Å². The maximum Gasteiger partial charge on any atom is 0.451 e. The Bertz CT molecular complexity index is 1380. The number of carbonyl (C=O) groups excluding carboxylic acids is 1. The van der Waals surface area contributed by atoms with Crippen molar-refractivity contribution in [1.82, 2.24) is 20.3 Å². The highest BCUT2D eigenvalue weighted by atomic mass is 19.4. The van der Waals surface area contributed by atoms with Crippen molar-refractivity contribution in [2.75, 3.05) is 13.2 Å². The quantitative estimate of drug-likeness (QED) is 0.424. The number of alkyl halides is 6. The Morgan fingerprint density at radius 2 is 1.79 bits per heavy atom. The summed E-state index contributed by atoms with van der Waals surface area (Å²) < 4.78 is 101. The van der Waals surface area contributed by atoms with Crippen molar-refractivity contribution in [3.05, 3.63) is 71.2 Å². The molecule has 1 aliphatic heterocycles. The topological polar surface area (TPSA) is 103 Å². The van der Waals surface area contributed by atoms with Gasteiger partial charge in [0, 0.05) is 35.3 Å². The molecule has 4 rings (SSSR count). The number of hydrogen-bond acceptors (Lipinski definition) is 6. The molecule has 0 saturated carbocycles. The molecule has 1 aliphatic rings. The molecule has 14 heteroatoms. The second-order valence-corrected chi connectivity index (χ2v) is 9.34. The van der Waals surface area contributed by atoms with E-state index in [2.05, 4.69) is 15.0 Å². The molecule has 2 aromatic heterocycles. The van der Waals surface area contributed by atoms with E-state index < -0.39 is 65.2 Å². The Balaban J connectivity index is 1.75. The van der Waals surface area contributed by atoms with Crippen LogP contribution in [0.25, 0.3) is 11.3 Å². The summed E-state index contributed by atoms with van der Waals surface area (Å²) in [6.07, 6.45) is -9.20. The average Bonchev–Trinajstić information content (AvgIpc) is 3.21. The summed E-state index contributed by atoms with van der Waals surface area (Å²) in [5.41, 5.74) is 4.68. The van der Waals surface area contributed by atoms with E-state index >= 15 is 0 Å². The molecule has 1 amide bonds. The summed E-state index contributed by atoms with van der Waals surface area (Å²) in [7, 11) is 0. The van der Waals surface area contributed by atoms with Crippen molar-refractivity contribution in [1.29, 1.82) is 0 Å². The van der Waals surface area contributed by atoms with E-state index in [1.807, 2.05) is 5.32 Å². The summed E-state index contributed by atoms with van der Waals surface area (Å²) in [5.74, 6) is -5.60. The Kier molecular flexibility index (Phi) is 7.27. The molecule has 208 valence electrons. The lowest BCUT2D eigenvalue weighted by molar-refractivity contribution is -0.149. The molecule has 0 spiro atoms. The number of benzene rings is 1. The van der Waals surface area contributed by atoms with Gasteiger partial charge in [0.05, 0.1) is 12.3 Å². The molecular weight excluding hydrogens is 535 g/mol. The molecule has 3 aromatic rings. The summed E-state index contributed by atoms with van der Waals surface area (Å²) in [5, 5.41) is 2.00. The minimum Gasteiger partial charge on any atom is -0.490 e. The predicted octanol–water partition coefficient (Wildman–Crippen LogP) is 4.77. The molecule has 1 aromatic carbocycles. The monoisotopic (exact) mass is 557 g/mol. The molecule has 0 bridgehead atoms. The standard InChI is InChI=1S/C25H22F7N5O2/c1-12(33)23(2)11-39-20-15(23)9-18(36-19(20)13-3-5-14(26)6-4-13)16(24(27,28)29)10-35-21(38)17-7-8-34-22(37-17)25(30,31)32/h3-9,12,16H,10-11,33H2,1-2H3,(H,35,38)/t12-,16?,23-/m1/s1. The molecule has 7 nitrogen and oxygen atoms in total. The van der Waals surface area contributed by atoms with Crippen LogP contribution >= 0.6 is 0 Å². The lowest BCUT2D eigenvalue weighted by Crippen LogP contribution is -2.42. The normalized spacial score (nSPS) is 18.7. The van der Waals surface area contributed by atoms with Crippen molar-refractivity contribution in [2.24, 2.45) is 5.73 Å². The first kappa shape index (κ1) is 28.2. The summed E-state index contributed by atoms with van der Waals surface area (Å²) in [4.78, 5) is 22.8. The lowest BCUT2D eigenvalue weighted by Gasteiger charge is -2.28. The number of aromatic nitrogens is 3. The molecule has 1 unspecified atom stereocenters. The first-order chi connectivity index (χ1) is 18.1. The molecule has 0 radical (unpaired) electrons. The number of nitrogens with two attached hydrogens (primary N) is 1. The lowest BCUT2D eigenvalue weighted by atomic mass is 9.78. The number of ether oxygens (including phenoxy) is 1. The van der Waals surface area contributed by atoms with Crippen LogP contribution in [0.3, 0.4) is 0 Å². The second-order valence-electron chi connectivity index (χ2n) is 9.34. The molecule has 3 heterocycles. The fourth-order valence-electron chi connectivity index (χ4n) is 4.08. The van der Waals surface area contributed by atoms with Crippen LogP contribution in [0.4, 0.5) is 30.7 Å². The zero-order valence-electron chi connectivity index (χ0n) is 20.5. The largest absolute Gasteiger partial charge is 0.490 e. The van der Waals surface area contributed by atoms with Crippen molar-refractivity contribution < 1.29 is 40.3 Å². The van der Waals surface area contributed by atoms with Gasteiger partial charge in [-0.1, -0.05) is 6.92 Å². The number of pyridine rings is 1. The molecule has 0 aliphatic carbocycles. The highest BCUT2D eigenvalue weighted by molar-refractivity contribution is 5.92. The fraction of sp³-hybridized carbons (Fsp3) is 0.360. The van der Waals surface area contributed by atoms with E-state index in [1.54, 1.807) is 13.8 Å². The van der Waals surface area contributed by atoms with Crippen LogP contribution in [0.15, 0.2) is 42.6 Å². The zero-order chi connectivity index (χ0) is 28.8. The third-order valence-electron chi connectivity index (χ3n) is 6.61. The van der Waals surface area contributed by atoms with Crippen LogP contribution in [-0.4, -0.2) is 46.2 Å². The summed E-state index contributed by atoms with van der Waals surface area (Å²) in [6, 6.07) is 6.42. The van der Waals surface area contributed by atoms with Gasteiger partial charge in [0.2, 0.25) is 5.82 Å². The number of rotatable bonds is 6. The van der Waals surface area contributed by atoms with Crippen LogP contribution in [0, 0.1) is 5.82 Å². The van der Waals surface area contributed by atoms with E-state index in [4.69, 9.17) is 10.5 Å². The molecule has 39 heavy (non-hydrogen) atoms. The van der Waals surface area contributed by atoms with Crippen LogP contribution in [0.2, 0.25) is 0 Å². The number of carbonyl (C=O) groups is 1. The zero-order valence-corrected chi connectivity index (χ0v) is 20.5. The number of halogens is 7. The second kappa shape index (κ2) is 10.1. The Morgan fingerprint density at radius 1 is 1.13 bits per heavy atom. The Labute approximate surface area is 217 Å². The number of hydrogen-bond donors (Lipinski definition) is 2. The van der Waals surface area contributed by atoms with Crippen molar-refractivity contribution >= 4 is 5.91 Å². The van der Waals surface area contributed by atoms with Crippen molar-refractivity contribution in [3.63, 3.8) is 0 Å². The smallest absolute Gasteiger partial charge is 0.451 e. The van der Waals surface area contributed by atoms with Gasteiger partial charge in [-0.25, -0.2) is 19.3 Å². The van der Waals surface area contributed by atoms with Gasteiger partial charge in [-0.15, -0.1) is 0 Å². The average molecular weight is 557 g/mol. The first-order valence-corrected chi connectivity index (χ1v) is 11.6. The van der Waals surface area contributed by atoms with Crippen LogP contribution < -0.4 is 15.8 Å². The van der Waals surface area contributed by atoms with Gasteiger partial charge in [-0.3, -0.25) is 4.79 Å². The molecular formula is C25H22F7N5O2. The molecule has 0 saturated heterocycles. The van der Waals surface area contributed by atoms with Gasteiger partial charge in [0.15, 0.2) is 0 Å². The maximum atomic E-state index is 14.3. The Hall–Kier alpha value is -3.81. The minimum absolute atomic E-state index is 0.0260. The third-order valence-corrected chi connectivity index (χ3v) is 6.61. The highest BCUT2D eigenvalue weighted by Gasteiger charge is 2.46. The van der Waals surface area contributed by atoms with Crippen LogP contribution in [-0.2, 0) is 11.6 Å². The van der Waals surface area contributed by atoms with E-state index in [-0.39, 0.29) is 23.6 Å². The fourth-order valence-corrected chi connectivity index (χ4v) is 4.08. The number of nitrogens with zero attached hydrogens (tertiary/aromatic N) is 3. The van der Waals surface area contributed by atoms with E-state index in [0.29, 0.717) is 11.8 Å². The summed E-state index contributed by atoms with van der Waals surface area (Å²) in [6.45, 7) is 2.40. The maximum absolute atomic E-state index is 14.3. The van der Waals surface area contributed by atoms with Gasteiger partial charge >= 0.3 is 12.4 Å². The number of fused-ring (bicyclic) bond motifs is 1. The SMILES string of the molecule is C[C@@H](N)[C@@]1(C)COc2c1cc(C(CNC(=O)c1ccnc(C(F)(F)F)n1)C(F)(F)F)nc2-c1ccc(F)cc1. The number of amides is 1. The van der Waals surface area contributed by atoms with E-state index in [0.717, 1.165) is 18.2 Å². The highest BCUT2D eigenvalue weighted by Crippen LogP contribution is 2.47. The minimum atomic E-state index is -4.95. The van der Waals surface area contributed by atoms with Gasteiger partial charge in [-0.2, -0.15) is 26.3 Å². The molecule has 3 atom stereocenters.